The van der Waals surface area contributed by atoms with Crippen LogP contribution >= 0.6 is 11.6 Å². The minimum absolute atomic E-state index is 0.0939. The number of ketones is 1. The zero-order valence-electron chi connectivity index (χ0n) is 10.9. The fourth-order valence-corrected chi connectivity index (χ4v) is 1.92. The number of nitrogens with one attached hydrogen (secondary N) is 1. The van der Waals surface area contributed by atoms with E-state index in [9.17, 15) is 9.59 Å². The summed E-state index contributed by atoms with van der Waals surface area (Å²) in [6, 6.07) is 7.21. The van der Waals surface area contributed by atoms with E-state index in [-0.39, 0.29) is 11.7 Å². The lowest BCUT2D eigenvalue weighted by Gasteiger charge is -2.27. The van der Waals surface area contributed by atoms with Crippen LogP contribution in [-0.2, 0) is 4.79 Å². The molecule has 0 aliphatic carbocycles. The maximum Gasteiger partial charge on any atom is 0.252 e. The van der Waals surface area contributed by atoms with Gasteiger partial charge in [-0.1, -0.05) is 17.7 Å². The number of Topliss-reactive ketones (excluding diaryl/α,β-unsaturated/α-hetero) is 1. The third-order valence-electron chi connectivity index (χ3n) is 3.07. The summed E-state index contributed by atoms with van der Waals surface area (Å²) < 4.78 is 0. The molecule has 98 valence electrons. The second-order valence-electron chi connectivity index (χ2n) is 4.65. The number of hydrogen-bond acceptors (Lipinski definition) is 2. The van der Waals surface area contributed by atoms with Crippen LogP contribution in [0.15, 0.2) is 24.3 Å². The number of amides is 1. The molecule has 1 aromatic rings. The van der Waals surface area contributed by atoms with Gasteiger partial charge in [0.15, 0.2) is 5.78 Å². The third kappa shape index (κ3) is 3.57. The van der Waals surface area contributed by atoms with Gasteiger partial charge in [-0.05, 0) is 39.3 Å². The Bertz CT molecular complexity index is 442. The summed E-state index contributed by atoms with van der Waals surface area (Å²) in [5.41, 5.74) is 0.730. The van der Waals surface area contributed by atoms with E-state index in [1.165, 1.54) is 6.92 Å². The van der Waals surface area contributed by atoms with Crippen LogP contribution in [0.2, 0.25) is 0 Å². The van der Waals surface area contributed by atoms with Crippen molar-refractivity contribution in [1.29, 1.82) is 0 Å². The lowest BCUT2D eigenvalue weighted by molar-refractivity contribution is -0.122. The van der Waals surface area contributed by atoms with Gasteiger partial charge in [0.1, 0.15) is 0 Å². The number of hydrogen-bond donors (Lipinski definition) is 1. The molecule has 1 rings (SSSR count). The number of halogens is 1. The van der Waals surface area contributed by atoms with Crippen LogP contribution in [0.5, 0.6) is 0 Å². The van der Waals surface area contributed by atoms with Gasteiger partial charge in [-0.25, -0.2) is 0 Å². The Kier molecular flexibility index (Phi) is 4.91. The molecule has 0 aliphatic heterocycles. The molecule has 0 saturated heterocycles. The van der Waals surface area contributed by atoms with Crippen molar-refractivity contribution in [2.45, 2.75) is 32.7 Å². The first-order chi connectivity index (χ1) is 8.39. The van der Waals surface area contributed by atoms with Crippen LogP contribution in [0.25, 0.3) is 0 Å². The highest BCUT2D eigenvalue weighted by Crippen LogP contribution is 2.14. The Hall–Kier alpha value is -1.35. The zero-order chi connectivity index (χ0) is 13.8. The summed E-state index contributed by atoms with van der Waals surface area (Å²) in [5, 5.41) is 2.76. The molecule has 1 atom stereocenters. The predicted molar refractivity (Wildman–Crippen MR) is 73.1 cm³/mol. The van der Waals surface area contributed by atoms with E-state index in [2.05, 4.69) is 5.32 Å². The monoisotopic (exact) mass is 267 g/mol. The van der Waals surface area contributed by atoms with E-state index >= 15 is 0 Å². The number of carbonyl (C=O) groups excluding carboxylic acids is 2. The molecule has 1 N–H and O–H groups in total. The van der Waals surface area contributed by atoms with Gasteiger partial charge in [-0.2, -0.15) is 0 Å². The number of rotatable bonds is 5. The molecular formula is C14H18ClNO2. The van der Waals surface area contributed by atoms with Crippen molar-refractivity contribution >= 4 is 23.3 Å². The first kappa shape index (κ1) is 14.7. The summed E-state index contributed by atoms with van der Waals surface area (Å²) in [4.78, 5) is 23.6. The number of carbonyl (C=O) groups is 2. The Morgan fingerprint density at radius 3 is 2.28 bits per heavy atom. The standard InChI is InChI=1S/C14H18ClNO2/c1-10-4-6-12(7-5-10)13(18)16-14(3,8-9-15)11(2)17/h4-7H,8-9H2,1-3H3,(H,16,18). The van der Waals surface area contributed by atoms with Crippen molar-refractivity contribution in [3.8, 4) is 0 Å². The molecule has 0 aromatic heterocycles. The maximum atomic E-state index is 12.0. The van der Waals surface area contributed by atoms with Gasteiger partial charge >= 0.3 is 0 Å². The summed E-state index contributed by atoms with van der Waals surface area (Å²) in [6.07, 6.45) is 0.418. The molecule has 1 aromatic carbocycles. The SMILES string of the molecule is CC(=O)C(C)(CCCl)NC(=O)c1ccc(C)cc1. The Morgan fingerprint density at radius 1 is 1.28 bits per heavy atom. The minimum Gasteiger partial charge on any atom is -0.340 e. The normalized spacial score (nSPS) is 13.8. The Labute approximate surface area is 113 Å². The van der Waals surface area contributed by atoms with Crippen molar-refractivity contribution in [2.24, 2.45) is 0 Å². The van der Waals surface area contributed by atoms with Crippen molar-refractivity contribution in [2.75, 3.05) is 5.88 Å². The van der Waals surface area contributed by atoms with Gasteiger partial charge in [-0.3, -0.25) is 9.59 Å². The molecule has 0 radical (unpaired) electrons. The van der Waals surface area contributed by atoms with Crippen LogP contribution in [0.3, 0.4) is 0 Å². The first-order valence-electron chi connectivity index (χ1n) is 5.85. The minimum atomic E-state index is -0.899. The van der Waals surface area contributed by atoms with Crippen LogP contribution in [0.4, 0.5) is 0 Å². The Balaban J connectivity index is 2.85. The molecule has 0 fully saturated rings. The lowest BCUT2D eigenvalue weighted by Crippen LogP contribution is -2.51. The summed E-state index contributed by atoms with van der Waals surface area (Å²) in [7, 11) is 0. The molecule has 0 heterocycles. The molecule has 0 bridgehead atoms. The molecule has 3 nitrogen and oxygen atoms in total. The first-order valence-corrected chi connectivity index (χ1v) is 6.38. The van der Waals surface area contributed by atoms with Crippen molar-refractivity contribution in [1.82, 2.24) is 5.32 Å². The highest BCUT2D eigenvalue weighted by molar-refractivity contribution is 6.18. The molecule has 1 unspecified atom stereocenters. The predicted octanol–water partition coefficient (Wildman–Crippen LogP) is 2.70. The van der Waals surface area contributed by atoms with E-state index in [1.807, 2.05) is 19.1 Å². The molecule has 18 heavy (non-hydrogen) atoms. The van der Waals surface area contributed by atoms with E-state index in [0.29, 0.717) is 17.9 Å². The average molecular weight is 268 g/mol. The smallest absolute Gasteiger partial charge is 0.252 e. The van der Waals surface area contributed by atoms with Crippen LogP contribution in [0, 0.1) is 6.92 Å². The van der Waals surface area contributed by atoms with Gasteiger partial charge < -0.3 is 5.32 Å². The summed E-state index contributed by atoms with van der Waals surface area (Å²) in [5.74, 6) is -0.0222. The van der Waals surface area contributed by atoms with Gasteiger partial charge in [0.2, 0.25) is 0 Å². The van der Waals surface area contributed by atoms with Crippen molar-refractivity contribution in [3.63, 3.8) is 0 Å². The van der Waals surface area contributed by atoms with Crippen LogP contribution < -0.4 is 5.32 Å². The average Bonchev–Trinajstić information content (AvgIpc) is 2.29. The molecule has 0 spiro atoms. The highest BCUT2D eigenvalue weighted by Gasteiger charge is 2.31. The van der Waals surface area contributed by atoms with Gasteiger partial charge in [0.25, 0.3) is 5.91 Å². The summed E-state index contributed by atoms with van der Waals surface area (Å²) >= 11 is 5.68. The molecular weight excluding hydrogens is 250 g/mol. The van der Waals surface area contributed by atoms with Crippen LogP contribution in [0.1, 0.15) is 36.2 Å². The number of benzene rings is 1. The molecule has 1 amide bonds. The number of alkyl halides is 1. The van der Waals surface area contributed by atoms with Crippen molar-refractivity contribution < 1.29 is 9.59 Å². The van der Waals surface area contributed by atoms with Gasteiger partial charge in [0.05, 0.1) is 5.54 Å². The van der Waals surface area contributed by atoms with E-state index in [1.54, 1.807) is 19.1 Å². The van der Waals surface area contributed by atoms with E-state index in [0.717, 1.165) is 5.56 Å². The van der Waals surface area contributed by atoms with Crippen LogP contribution in [-0.4, -0.2) is 23.1 Å². The quantitative estimate of drug-likeness (QED) is 0.834. The van der Waals surface area contributed by atoms with E-state index < -0.39 is 5.54 Å². The largest absolute Gasteiger partial charge is 0.340 e. The highest BCUT2D eigenvalue weighted by atomic mass is 35.5. The molecule has 4 heteroatoms. The Morgan fingerprint density at radius 2 is 1.83 bits per heavy atom. The lowest BCUT2D eigenvalue weighted by atomic mass is 9.93. The maximum absolute atomic E-state index is 12.0. The van der Waals surface area contributed by atoms with E-state index in [4.69, 9.17) is 11.6 Å². The van der Waals surface area contributed by atoms with Gasteiger partial charge in [0, 0.05) is 11.4 Å². The van der Waals surface area contributed by atoms with Crippen molar-refractivity contribution in [3.05, 3.63) is 35.4 Å². The molecule has 0 saturated carbocycles. The second-order valence-corrected chi connectivity index (χ2v) is 5.03. The fraction of sp³-hybridized carbons (Fsp3) is 0.429. The number of aryl methyl sites for hydroxylation is 1. The fourth-order valence-electron chi connectivity index (χ4n) is 1.54. The zero-order valence-corrected chi connectivity index (χ0v) is 11.7. The van der Waals surface area contributed by atoms with Gasteiger partial charge in [-0.15, -0.1) is 11.6 Å². The second kappa shape index (κ2) is 6.01. The third-order valence-corrected chi connectivity index (χ3v) is 3.26. The molecule has 0 aliphatic rings. The topological polar surface area (TPSA) is 46.2 Å². The summed E-state index contributed by atoms with van der Waals surface area (Å²) in [6.45, 7) is 5.11.